The van der Waals surface area contributed by atoms with E-state index in [1.807, 2.05) is 24.3 Å². The lowest BCUT2D eigenvalue weighted by molar-refractivity contribution is -0.114. The Hall–Kier alpha value is -1.55. The quantitative estimate of drug-likeness (QED) is 0.879. The number of hydrogen-bond acceptors (Lipinski definition) is 3. The van der Waals surface area contributed by atoms with E-state index in [-0.39, 0.29) is 5.91 Å². The first-order chi connectivity index (χ1) is 9.04. The van der Waals surface area contributed by atoms with Gasteiger partial charge in [-0.25, -0.2) is 0 Å². The zero-order valence-electron chi connectivity index (χ0n) is 11.9. The van der Waals surface area contributed by atoms with Gasteiger partial charge >= 0.3 is 0 Å². The Morgan fingerprint density at radius 1 is 1.37 bits per heavy atom. The summed E-state index contributed by atoms with van der Waals surface area (Å²) in [6.07, 6.45) is 2.31. The Balaban J connectivity index is 1.97. The molecule has 1 saturated heterocycles. The summed E-state index contributed by atoms with van der Waals surface area (Å²) in [5.74, 6) is -0.0370. The molecule has 2 rings (SSSR count). The van der Waals surface area contributed by atoms with Gasteiger partial charge in [0, 0.05) is 36.9 Å². The number of piperidine rings is 1. The molecule has 104 valence electrons. The van der Waals surface area contributed by atoms with Crippen molar-refractivity contribution in [2.45, 2.75) is 38.8 Å². The van der Waals surface area contributed by atoms with Gasteiger partial charge in [0.1, 0.15) is 0 Å². The summed E-state index contributed by atoms with van der Waals surface area (Å²) >= 11 is 0. The van der Waals surface area contributed by atoms with Crippen LogP contribution >= 0.6 is 0 Å². The van der Waals surface area contributed by atoms with Crippen molar-refractivity contribution in [1.82, 2.24) is 4.90 Å². The first-order valence-corrected chi connectivity index (χ1v) is 6.89. The molecule has 0 bridgehead atoms. The lowest BCUT2D eigenvalue weighted by atomic mass is 9.98. The van der Waals surface area contributed by atoms with Crippen molar-refractivity contribution < 1.29 is 4.79 Å². The average molecular weight is 261 g/mol. The van der Waals surface area contributed by atoms with Crippen LogP contribution in [0.4, 0.5) is 11.4 Å². The van der Waals surface area contributed by atoms with Crippen LogP contribution in [-0.2, 0) is 4.79 Å². The summed E-state index contributed by atoms with van der Waals surface area (Å²) in [5, 5.41) is 6.38. The van der Waals surface area contributed by atoms with E-state index < -0.39 is 0 Å². The number of carbonyl (C=O) groups is 1. The molecule has 2 N–H and O–H groups in total. The molecule has 19 heavy (non-hydrogen) atoms. The maximum atomic E-state index is 11.1. The zero-order valence-corrected chi connectivity index (χ0v) is 11.9. The molecule has 0 aliphatic carbocycles. The van der Waals surface area contributed by atoms with Crippen molar-refractivity contribution in [1.29, 1.82) is 0 Å². The molecule has 1 aromatic carbocycles. The fourth-order valence-electron chi connectivity index (χ4n) is 2.55. The number of hydrogen-bond donors (Lipinski definition) is 2. The Kier molecular flexibility index (Phi) is 4.43. The number of rotatable bonds is 3. The molecular weight excluding hydrogens is 238 g/mol. The summed E-state index contributed by atoms with van der Waals surface area (Å²) < 4.78 is 0. The number of amides is 1. The van der Waals surface area contributed by atoms with Gasteiger partial charge in [-0.05, 0) is 45.0 Å². The van der Waals surface area contributed by atoms with Gasteiger partial charge in [-0.2, -0.15) is 0 Å². The van der Waals surface area contributed by atoms with E-state index in [0.717, 1.165) is 30.8 Å². The van der Waals surface area contributed by atoms with Gasteiger partial charge in [0.2, 0.25) is 5.91 Å². The molecule has 0 radical (unpaired) electrons. The van der Waals surface area contributed by atoms with Crippen molar-refractivity contribution in [2.75, 3.05) is 24.2 Å². The van der Waals surface area contributed by atoms with Crippen molar-refractivity contribution in [3.63, 3.8) is 0 Å². The molecule has 1 aliphatic heterocycles. The highest BCUT2D eigenvalue weighted by Gasteiger charge is 2.22. The van der Waals surface area contributed by atoms with Crippen LogP contribution in [0.25, 0.3) is 0 Å². The maximum Gasteiger partial charge on any atom is 0.221 e. The van der Waals surface area contributed by atoms with Crippen molar-refractivity contribution in [3.8, 4) is 0 Å². The van der Waals surface area contributed by atoms with E-state index in [9.17, 15) is 4.79 Å². The van der Waals surface area contributed by atoms with Crippen molar-refractivity contribution in [3.05, 3.63) is 24.3 Å². The summed E-state index contributed by atoms with van der Waals surface area (Å²) in [4.78, 5) is 13.5. The number of carbonyl (C=O) groups excluding carboxylic acids is 1. The number of nitrogens with one attached hydrogen (secondary N) is 2. The second-order valence-corrected chi connectivity index (χ2v) is 5.46. The van der Waals surface area contributed by atoms with Crippen molar-refractivity contribution in [2.24, 2.45) is 0 Å². The SMILES string of the molecule is CC(=O)Nc1cccc(NC2CCN(C)C(C)C2)c1. The predicted octanol–water partition coefficient (Wildman–Crippen LogP) is 2.54. The van der Waals surface area contributed by atoms with Gasteiger partial charge in [-0.15, -0.1) is 0 Å². The highest BCUT2D eigenvalue weighted by atomic mass is 16.1. The number of benzene rings is 1. The minimum absolute atomic E-state index is 0.0370. The normalized spacial score (nSPS) is 23.9. The molecular formula is C15H23N3O. The lowest BCUT2D eigenvalue weighted by Gasteiger charge is -2.35. The van der Waals surface area contributed by atoms with Crippen LogP contribution < -0.4 is 10.6 Å². The topological polar surface area (TPSA) is 44.4 Å². The fraction of sp³-hybridized carbons (Fsp3) is 0.533. The first kappa shape index (κ1) is 13.9. The summed E-state index contributed by atoms with van der Waals surface area (Å²) in [6.45, 7) is 4.92. The molecule has 0 saturated carbocycles. The van der Waals surface area contributed by atoms with Crippen LogP contribution in [0.2, 0.25) is 0 Å². The van der Waals surface area contributed by atoms with E-state index in [0.29, 0.717) is 12.1 Å². The molecule has 2 unspecified atom stereocenters. The van der Waals surface area contributed by atoms with E-state index in [1.165, 1.54) is 6.92 Å². The van der Waals surface area contributed by atoms with Crippen molar-refractivity contribution >= 4 is 17.3 Å². The number of likely N-dealkylation sites (tertiary alicyclic amines) is 1. The summed E-state index contributed by atoms with van der Waals surface area (Å²) in [6, 6.07) is 9.04. The minimum Gasteiger partial charge on any atom is -0.382 e. The van der Waals surface area contributed by atoms with Gasteiger partial charge in [0.25, 0.3) is 0 Å². The minimum atomic E-state index is -0.0370. The fourth-order valence-corrected chi connectivity index (χ4v) is 2.55. The predicted molar refractivity (Wildman–Crippen MR) is 79.5 cm³/mol. The van der Waals surface area contributed by atoms with Gasteiger partial charge in [-0.3, -0.25) is 4.79 Å². The molecule has 2 atom stereocenters. The monoisotopic (exact) mass is 261 g/mol. The number of nitrogens with zero attached hydrogens (tertiary/aromatic N) is 1. The van der Waals surface area contributed by atoms with E-state index in [2.05, 4.69) is 29.5 Å². The maximum absolute atomic E-state index is 11.1. The summed E-state index contributed by atoms with van der Waals surface area (Å²) in [5.41, 5.74) is 1.92. The van der Waals surface area contributed by atoms with Crippen LogP contribution in [0.1, 0.15) is 26.7 Å². The summed E-state index contributed by atoms with van der Waals surface area (Å²) in [7, 11) is 2.18. The van der Waals surface area contributed by atoms with E-state index in [1.54, 1.807) is 0 Å². The second kappa shape index (κ2) is 6.06. The van der Waals surface area contributed by atoms with Crippen LogP contribution in [0.3, 0.4) is 0 Å². The molecule has 1 fully saturated rings. The Labute approximate surface area is 115 Å². The molecule has 1 aliphatic rings. The Morgan fingerprint density at radius 3 is 2.79 bits per heavy atom. The second-order valence-electron chi connectivity index (χ2n) is 5.46. The molecule has 1 amide bonds. The van der Waals surface area contributed by atoms with Gasteiger partial charge in [0.15, 0.2) is 0 Å². The van der Waals surface area contributed by atoms with Gasteiger partial charge in [0.05, 0.1) is 0 Å². The largest absolute Gasteiger partial charge is 0.382 e. The molecule has 4 nitrogen and oxygen atoms in total. The third kappa shape index (κ3) is 3.96. The zero-order chi connectivity index (χ0) is 13.8. The standard InChI is InChI=1S/C15H23N3O/c1-11-9-15(7-8-18(11)3)17-14-6-4-5-13(10-14)16-12(2)19/h4-6,10-11,15,17H,7-9H2,1-3H3,(H,16,19). The smallest absolute Gasteiger partial charge is 0.221 e. The third-order valence-corrected chi connectivity index (χ3v) is 3.76. The first-order valence-electron chi connectivity index (χ1n) is 6.89. The highest BCUT2D eigenvalue weighted by Crippen LogP contribution is 2.21. The number of anilines is 2. The lowest BCUT2D eigenvalue weighted by Crippen LogP contribution is -2.42. The Bertz CT molecular complexity index is 447. The van der Waals surface area contributed by atoms with Gasteiger partial charge < -0.3 is 15.5 Å². The highest BCUT2D eigenvalue weighted by molar-refractivity contribution is 5.89. The molecule has 1 aromatic rings. The van der Waals surface area contributed by atoms with E-state index >= 15 is 0 Å². The molecule has 0 spiro atoms. The van der Waals surface area contributed by atoms with Crippen LogP contribution in [0, 0.1) is 0 Å². The average Bonchev–Trinajstić information content (AvgIpc) is 2.33. The van der Waals surface area contributed by atoms with Crippen LogP contribution in [0.5, 0.6) is 0 Å². The molecule has 4 heteroatoms. The molecule has 0 aromatic heterocycles. The van der Waals surface area contributed by atoms with E-state index in [4.69, 9.17) is 0 Å². The van der Waals surface area contributed by atoms with Crippen LogP contribution in [-0.4, -0.2) is 36.5 Å². The third-order valence-electron chi connectivity index (χ3n) is 3.76. The Morgan fingerprint density at radius 2 is 2.11 bits per heavy atom. The van der Waals surface area contributed by atoms with Gasteiger partial charge in [-0.1, -0.05) is 6.07 Å². The van der Waals surface area contributed by atoms with Crippen LogP contribution in [0.15, 0.2) is 24.3 Å². The molecule has 1 heterocycles.